The van der Waals surface area contributed by atoms with Gasteiger partial charge in [0.2, 0.25) is 0 Å². The highest BCUT2D eigenvalue weighted by molar-refractivity contribution is 5.40. The molecule has 3 rings (SSSR count). The van der Waals surface area contributed by atoms with Gasteiger partial charge in [-0.1, -0.05) is 5.16 Å². The van der Waals surface area contributed by atoms with Gasteiger partial charge in [-0.05, 0) is 6.92 Å². The summed E-state index contributed by atoms with van der Waals surface area (Å²) in [5.74, 6) is 1.60. The van der Waals surface area contributed by atoms with E-state index < -0.39 is 0 Å². The Balaban J connectivity index is 1.70. The molecular weight excluding hydrogens is 270 g/mol. The van der Waals surface area contributed by atoms with Crippen molar-refractivity contribution >= 4 is 5.82 Å². The molecule has 2 aromatic rings. The average Bonchev–Trinajstić information content (AvgIpc) is 2.92. The van der Waals surface area contributed by atoms with Crippen molar-refractivity contribution in [2.45, 2.75) is 19.6 Å². The van der Waals surface area contributed by atoms with Crippen molar-refractivity contribution in [1.82, 2.24) is 20.0 Å². The normalized spacial score (nSPS) is 19.6. The van der Waals surface area contributed by atoms with E-state index in [0.29, 0.717) is 6.61 Å². The standard InChI is InChI=1S/C14H19N5O2/c1-10-7-11(18-21-10)8-19-5-6-20-12(9-19)13-14(15-2)17-4-3-16-13/h3-4,7,12H,5-6,8-9H2,1-2H3,(H,15,17)/t12-/m1/s1. The van der Waals surface area contributed by atoms with Crippen LogP contribution in [0.1, 0.15) is 23.3 Å². The summed E-state index contributed by atoms with van der Waals surface area (Å²) in [4.78, 5) is 11.0. The summed E-state index contributed by atoms with van der Waals surface area (Å²) >= 11 is 0. The maximum Gasteiger partial charge on any atom is 0.150 e. The van der Waals surface area contributed by atoms with Crippen LogP contribution in [0, 0.1) is 6.92 Å². The van der Waals surface area contributed by atoms with Crippen molar-refractivity contribution in [2.24, 2.45) is 0 Å². The molecule has 0 radical (unpaired) electrons. The molecule has 1 aliphatic rings. The van der Waals surface area contributed by atoms with Gasteiger partial charge in [-0.2, -0.15) is 0 Å². The molecule has 1 N–H and O–H groups in total. The van der Waals surface area contributed by atoms with Gasteiger partial charge in [0.1, 0.15) is 23.4 Å². The Kier molecular flexibility index (Phi) is 4.12. The van der Waals surface area contributed by atoms with Crippen LogP contribution in [0.15, 0.2) is 23.0 Å². The molecule has 1 saturated heterocycles. The Morgan fingerprint density at radius 1 is 1.38 bits per heavy atom. The minimum Gasteiger partial charge on any atom is -0.372 e. The van der Waals surface area contributed by atoms with Gasteiger partial charge in [0.05, 0.1) is 12.3 Å². The van der Waals surface area contributed by atoms with Gasteiger partial charge in [-0.3, -0.25) is 9.88 Å². The van der Waals surface area contributed by atoms with Crippen LogP contribution < -0.4 is 5.32 Å². The number of morpholine rings is 1. The Morgan fingerprint density at radius 3 is 3.00 bits per heavy atom. The van der Waals surface area contributed by atoms with Gasteiger partial charge in [0, 0.05) is 45.1 Å². The molecule has 0 aromatic carbocycles. The molecule has 2 aromatic heterocycles. The Bertz CT molecular complexity index is 601. The van der Waals surface area contributed by atoms with Crippen molar-refractivity contribution in [3.63, 3.8) is 0 Å². The average molecular weight is 289 g/mol. The fourth-order valence-corrected chi connectivity index (χ4v) is 2.51. The summed E-state index contributed by atoms with van der Waals surface area (Å²) in [7, 11) is 1.84. The van der Waals surface area contributed by atoms with Crippen molar-refractivity contribution in [3.05, 3.63) is 35.6 Å². The molecule has 7 nitrogen and oxygen atoms in total. The number of nitrogens with one attached hydrogen (secondary N) is 1. The van der Waals surface area contributed by atoms with E-state index in [9.17, 15) is 0 Å². The zero-order chi connectivity index (χ0) is 14.7. The van der Waals surface area contributed by atoms with Crippen molar-refractivity contribution < 1.29 is 9.26 Å². The van der Waals surface area contributed by atoms with Gasteiger partial charge < -0.3 is 14.6 Å². The lowest BCUT2D eigenvalue weighted by atomic mass is 10.2. The monoisotopic (exact) mass is 289 g/mol. The summed E-state index contributed by atoms with van der Waals surface area (Å²) in [5, 5.41) is 7.10. The smallest absolute Gasteiger partial charge is 0.150 e. The van der Waals surface area contributed by atoms with Crippen LogP contribution in [0.2, 0.25) is 0 Å². The SMILES string of the molecule is CNc1nccnc1[C@H]1CN(Cc2cc(C)on2)CCO1. The predicted molar refractivity (Wildman–Crippen MR) is 76.8 cm³/mol. The lowest BCUT2D eigenvalue weighted by Gasteiger charge is -2.32. The lowest BCUT2D eigenvalue weighted by Crippen LogP contribution is -2.38. The number of anilines is 1. The minimum atomic E-state index is -0.0807. The first-order valence-electron chi connectivity index (χ1n) is 7.01. The van der Waals surface area contributed by atoms with Crippen molar-refractivity contribution in [3.8, 4) is 0 Å². The molecule has 0 unspecified atom stereocenters. The first-order chi connectivity index (χ1) is 10.3. The van der Waals surface area contributed by atoms with Gasteiger partial charge >= 0.3 is 0 Å². The largest absolute Gasteiger partial charge is 0.372 e. The molecule has 21 heavy (non-hydrogen) atoms. The van der Waals surface area contributed by atoms with E-state index in [1.807, 2.05) is 20.0 Å². The third-order valence-electron chi connectivity index (χ3n) is 3.48. The fourth-order valence-electron chi connectivity index (χ4n) is 2.51. The number of ether oxygens (including phenoxy) is 1. The molecule has 0 saturated carbocycles. The summed E-state index contributed by atoms with van der Waals surface area (Å²) in [6.07, 6.45) is 3.29. The molecule has 1 aliphatic heterocycles. The Morgan fingerprint density at radius 2 is 2.24 bits per heavy atom. The molecular formula is C14H19N5O2. The van der Waals surface area contributed by atoms with E-state index >= 15 is 0 Å². The van der Waals surface area contributed by atoms with Crippen LogP contribution >= 0.6 is 0 Å². The Labute approximate surface area is 123 Å². The van der Waals surface area contributed by atoms with E-state index in [-0.39, 0.29) is 6.10 Å². The van der Waals surface area contributed by atoms with E-state index in [4.69, 9.17) is 9.26 Å². The molecule has 0 amide bonds. The number of aromatic nitrogens is 3. The van der Waals surface area contributed by atoms with Crippen LogP contribution in [-0.2, 0) is 11.3 Å². The zero-order valence-electron chi connectivity index (χ0n) is 12.2. The Hall–Kier alpha value is -1.99. The van der Waals surface area contributed by atoms with E-state index in [0.717, 1.165) is 42.6 Å². The molecule has 0 aliphatic carbocycles. The highest BCUT2D eigenvalue weighted by Crippen LogP contribution is 2.25. The summed E-state index contributed by atoms with van der Waals surface area (Å²) < 4.78 is 11.0. The van der Waals surface area contributed by atoms with E-state index in [1.165, 1.54) is 0 Å². The highest BCUT2D eigenvalue weighted by Gasteiger charge is 2.26. The predicted octanol–water partition coefficient (Wildman–Crippen LogP) is 1.39. The number of hydrogen-bond donors (Lipinski definition) is 1. The number of hydrogen-bond acceptors (Lipinski definition) is 7. The quantitative estimate of drug-likeness (QED) is 0.911. The number of nitrogens with zero attached hydrogens (tertiary/aromatic N) is 4. The van der Waals surface area contributed by atoms with Crippen LogP contribution in [0.3, 0.4) is 0 Å². The lowest BCUT2D eigenvalue weighted by molar-refractivity contribution is -0.0353. The maximum atomic E-state index is 5.85. The van der Waals surface area contributed by atoms with Gasteiger partial charge in [0.25, 0.3) is 0 Å². The van der Waals surface area contributed by atoms with Crippen LogP contribution in [0.4, 0.5) is 5.82 Å². The van der Waals surface area contributed by atoms with Crippen LogP contribution in [0.5, 0.6) is 0 Å². The highest BCUT2D eigenvalue weighted by atomic mass is 16.5. The third kappa shape index (κ3) is 3.20. The van der Waals surface area contributed by atoms with Gasteiger partial charge in [0.15, 0.2) is 0 Å². The zero-order valence-corrected chi connectivity index (χ0v) is 12.2. The summed E-state index contributed by atoms with van der Waals surface area (Å²) in [5.41, 5.74) is 1.79. The van der Waals surface area contributed by atoms with Gasteiger partial charge in [-0.25, -0.2) is 4.98 Å². The van der Waals surface area contributed by atoms with Gasteiger partial charge in [-0.15, -0.1) is 0 Å². The molecule has 1 atom stereocenters. The molecule has 0 bridgehead atoms. The van der Waals surface area contributed by atoms with E-state index in [1.54, 1.807) is 12.4 Å². The number of rotatable bonds is 4. The summed E-state index contributed by atoms with van der Waals surface area (Å²) in [6.45, 7) is 4.96. The molecule has 112 valence electrons. The fraction of sp³-hybridized carbons (Fsp3) is 0.500. The molecule has 1 fully saturated rings. The number of aryl methyl sites for hydroxylation is 1. The molecule has 3 heterocycles. The second-order valence-electron chi connectivity index (χ2n) is 5.06. The first kappa shape index (κ1) is 14.0. The van der Waals surface area contributed by atoms with E-state index in [2.05, 4.69) is 25.3 Å². The minimum absolute atomic E-state index is 0.0807. The van der Waals surface area contributed by atoms with Crippen molar-refractivity contribution in [1.29, 1.82) is 0 Å². The second-order valence-corrected chi connectivity index (χ2v) is 5.06. The summed E-state index contributed by atoms with van der Waals surface area (Å²) in [6, 6.07) is 1.96. The first-order valence-corrected chi connectivity index (χ1v) is 7.01. The molecule has 0 spiro atoms. The van der Waals surface area contributed by atoms with Crippen molar-refractivity contribution in [2.75, 3.05) is 32.1 Å². The van der Waals surface area contributed by atoms with Crippen LogP contribution in [-0.4, -0.2) is 46.8 Å². The second kappa shape index (κ2) is 6.19. The molecule has 7 heteroatoms. The van der Waals surface area contributed by atoms with Crippen LogP contribution in [0.25, 0.3) is 0 Å². The third-order valence-corrected chi connectivity index (χ3v) is 3.48. The topological polar surface area (TPSA) is 76.3 Å². The maximum absolute atomic E-state index is 5.85.